The lowest BCUT2D eigenvalue weighted by molar-refractivity contribution is -0.144. The van der Waals surface area contributed by atoms with Crippen molar-refractivity contribution in [2.24, 2.45) is 0 Å². The van der Waals surface area contributed by atoms with E-state index in [2.05, 4.69) is 20.1 Å². The number of aromatic amines is 1. The molecule has 104 valence electrons. The number of carbonyl (C=O) groups excluding carboxylic acids is 1. The number of nitrogens with one attached hydrogen (secondary N) is 1. The maximum Gasteiger partial charge on any atom is 0.323 e. The number of carbonyl (C=O) groups is 1. The molecule has 1 aromatic rings. The van der Waals surface area contributed by atoms with Gasteiger partial charge in [0.05, 0.1) is 13.2 Å². The molecule has 1 aromatic heterocycles. The number of hydrogen-bond acceptors (Lipinski definition) is 6. The maximum atomic E-state index is 11.6. The molecule has 0 spiro atoms. The molecule has 0 saturated carbocycles. The highest BCUT2D eigenvalue weighted by molar-refractivity contribution is 5.77. The van der Waals surface area contributed by atoms with Crippen LogP contribution in [0.4, 0.5) is 0 Å². The summed E-state index contributed by atoms with van der Waals surface area (Å²) in [5.41, 5.74) is 0. The smallest absolute Gasteiger partial charge is 0.323 e. The maximum absolute atomic E-state index is 11.6. The largest absolute Gasteiger partial charge is 0.464 e. The number of aromatic nitrogens is 3. The molecular formula is C12H18N4O3. The fraction of sp³-hybridized carbons (Fsp3) is 0.750. The van der Waals surface area contributed by atoms with E-state index in [0.29, 0.717) is 25.6 Å². The first-order valence-corrected chi connectivity index (χ1v) is 6.71. The Kier molecular flexibility index (Phi) is 3.48. The lowest BCUT2D eigenvalue weighted by atomic mass is 10.1. The second-order valence-corrected chi connectivity index (χ2v) is 4.82. The number of H-pyrrole nitrogens is 1. The first kappa shape index (κ1) is 12.6. The van der Waals surface area contributed by atoms with E-state index < -0.39 is 0 Å². The van der Waals surface area contributed by atoms with E-state index in [9.17, 15) is 4.79 Å². The zero-order chi connectivity index (χ0) is 13.2. The summed E-state index contributed by atoms with van der Waals surface area (Å²) < 4.78 is 10.7. The number of nitrogens with zero attached hydrogens (tertiary/aromatic N) is 3. The van der Waals surface area contributed by atoms with E-state index in [0.717, 1.165) is 25.2 Å². The van der Waals surface area contributed by atoms with Crippen LogP contribution >= 0.6 is 0 Å². The molecule has 3 heterocycles. The molecule has 0 amide bonds. The Morgan fingerprint density at radius 2 is 2.37 bits per heavy atom. The molecule has 0 unspecified atom stereocenters. The Bertz CT molecular complexity index is 462. The van der Waals surface area contributed by atoms with Crippen molar-refractivity contribution in [3.8, 4) is 0 Å². The van der Waals surface area contributed by atoms with Crippen molar-refractivity contribution >= 4 is 5.97 Å². The molecule has 0 aromatic carbocycles. The molecular weight excluding hydrogens is 248 g/mol. The second-order valence-electron chi connectivity index (χ2n) is 4.82. The van der Waals surface area contributed by atoms with Crippen LogP contribution in [0.25, 0.3) is 0 Å². The molecule has 0 aliphatic carbocycles. The van der Waals surface area contributed by atoms with Crippen molar-refractivity contribution in [2.45, 2.75) is 31.9 Å². The quantitative estimate of drug-likeness (QED) is 0.779. The van der Waals surface area contributed by atoms with Crippen LogP contribution < -0.4 is 0 Å². The monoisotopic (exact) mass is 266 g/mol. The van der Waals surface area contributed by atoms with Gasteiger partial charge in [0.25, 0.3) is 0 Å². The highest BCUT2D eigenvalue weighted by atomic mass is 16.5. The van der Waals surface area contributed by atoms with Crippen LogP contribution in [-0.2, 0) is 20.7 Å². The Morgan fingerprint density at radius 3 is 3.05 bits per heavy atom. The number of esters is 1. The summed E-state index contributed by atoms with van der Waals surface area (Å²) >= 11 is 0. The standard InChI is InChI=1S/C12H18N4O3/c1-2-10-13-11(15-14-10)9-7-16(4-6-18-9)8-3-5-19-12(8)17/h8-9H,2-7H2,1H3,(H,13,14,15)/t8-,9-/m0/s1. The zero-order valence-corrected chi connectivity index (χ0v) is 11.0. The highest BCUT2D eigenvalue weighted by Crippen LogP contribution is 2.23. The van der Waals surface area contributed by atoms with Gasteiger partial charge in [-0.3, -0.25) is 14.8 Å². The van der Waals surface area contributed by atoms with Crippen LogP contribution in [0, 0.1) is 0 Å². The minimum Gasteiger partial charge on any atom is -0.464 e. The Morgan fingerprint density at radius 1 is 1.47 bits per heavy atom. The summed E-state index contributed by atoms with van der Waals surface area (Å²) in [4.78, 5) is 18.1. The summed E-state index contributed by atoms with van der Waals surface area (Å²) in [6.45, 7) is 4.52. The van der Waals surface area contributed by atoms with Crippen molar-refractivity contribution in [3.05, 3.63) is 11.6 Å². The van der Waals surface area contributed by atoms with Crippen LogP contribution in [-0.4, -0.2) is 58.4 Å². The fourth-order valence-electron chi connectivity index (χ4n) is 2.54. The number of rotatable bonds is 3. The van der Waals surface area contributed by atoms with Crippen LogP contribution in [0.15, 0.2) is 0 Å². The van der Waals surface area contributed by atoms with Gasteiger partial charge >= 0.3 is 5.97 Å². The van der Waals surface area contributed by atoms with Crippen LogP contribution in [0.3, 0.4) is 0 Å². The molecule has 2 aliphatic rings. The number of cyclic esters (lactones) is 1. The third-order valence-electron chi connectivity index (χ3n) is 3.62. The topological polar surface area (TPSA) is 80.3 Å². The average Bonchev–Trinajstić information content (AvgIpc) is 3.07. The first-order valence-electron chi connectivity index (χ1n) is 6.71. The highest BCUT2D eigenvalue weighted by Gasteiger charge is 2.36. The van der Waals surface area contributed by atoms with Gasteiger partial charge < -0.3 is 9.47 Å². The molecule has 2 fully saturated rings. The predicted molar refractivity (Wildman–Crippen MR) is 65.4 cm³/mol. The molecule has 2 atom stereocenters. The Labute approximate surface area is 111 Å². The fourth-order valence-corrected chi connectivity index (χ4v) is 2.54. The van der Waals surface area contributed by atoms with Crippen molar-refractivity contribution < 1.29 is 14.3 Å². The molecule has 7 heteroatoms. The van der Waals surface area contributed by atoms with E-state index in [1.54, 1.807) is 0 Å². The lowest BCUT2D eigenvalue weighted by Gasteiger charge is -2.33. The van der Waals surface area contributed by atoms with Crippen LogP contribution in [0.5, 0.6) is 0 Å². The van der Waals surface area contributed by atoms with Crippen molar-refractivity contribution in [1.82, 2.24) is 20.1 Å². The SMILES string of the molecule is CCc1nc([C@@H]2CN([C@H]3CCOC3=O)CCO2)n[nH]1. The minimum atomic E-state index is -0.168. The predicted octanol–water partition coefficient (Wildman–Crippen LogP) is 0.0559. The molecule has 2 saturated heterocycles. The van der Waals surface area contributed by atoms with Gasteiger partial charge in [-0.25, -0.2) is 4.98 Å². The third-order valence-corrected chi connectivity index (χ3v) is 3.62. The average molecular weight is 266 g/mol. The third kappa shape index (κ3) is 2.48. The van der Waals surface area contributed by atoms with Gasteiger partial charge in [0.15, 0.2) is 5.82 Å². The normalized spacial score (nSPS) is 28.6. The Balaban J connectivity index is 1.69. The molecule has 19 heavy (non-hydrogen) atoms. The summed E-state index contributed by atoms with van der Waals surface area (Å²) in [7, 11) is 0. The number of morpholine rings is 1. The van der Waals surface area contributed by atoms with Crippen molar-refractivity contribution in [3.63, 3.8) is 0 Å². The van der Waals surface area contributed by atoms with Crippen molar-refractivity contribution in [2.75, 3.05) is 26.3 Å². The van der Waals surface area contributed by atoms with E-state index in [1.807, 2.05) is 6.92 Å². The molecule has 0 radical (unpaired) electrons. The molecule has 1 N–H and O–H groups in total. The van der Waals surface area contributed by atoms with E-state index in [4.69, 9.17) is 9.47 Å². The summed E-state index contributed by atoms with van der Waals surface area (Å²) in [5.74, 6) is 1.41. The number of hydrogen-bond donors (Lipinski definition) is 1. The van der Waals surface area contributed by atoms with Crippen molar-refractivity contribution in [1.29, 1.82) is 0 Å². The summed E-state index contributed by atoms with van der Waals surface area (Å²) in [6, 6.07) is -0.129. The van der Waals surface area contributed by atoms with Crippen LogP contribution in [0.2, 0.25) is 0 Å². The summed E-state index contributed by atoms with van der Waals surface area (Å²) in [6.07, 6.45) is 1.41. The van der Waals surface area contributed by atoms with E-state index in [1.165, 1.54) is 0 Å². The Hall–Kier alpha value is -1.47. The molecule has 0 bridgehead atoms. The first-order chi connectivity index (χ1) is 9.28. The summed E-state index contributed by atoms with van der Waals surface area (Å²) in [5, 5.41) is 7.08. The number of ether oxygens (including phenoxy) is 2. The zero-order valence-electron chi connectivity index (χ0n) is 11.0. The molecule has 3 rings (SSSR count). The van der Waals surface area contributed by atoms with Gasteiger partial charge in [-0.15, -0.1) is 0 Å². The molecule has 2 aliphatic heterocycles. The van der Waals surface area contributed by atoms with Gasteiger partial charge in [0.1, 0.15) is 18.0 Å². The van der Waals surface area contributed by atoms with E-state index >= 15 is 0 Å². The van der Waals surface area contributed by atoms with Gasteiger partial charge in [-0.1, -0.05) is 6.92 Å². The van der Waals surface area contributed by atoms with E-state index in [-0.39, 0.29) is 18.1 Å². The second kappa shape index (κ2) is 5.26. The van der Waals surface area contributed by atoms with Crippen LogP contribution in [0.1, 0.15) is 31.1 Å². The van der Waals surface area contributed by atoms with Gasteiger partial charge in [0.2, 0.25) is 0 Å². The number of aryl methyl sites for hydroxylation is 1. The lowest BCUT2D eigenvalue weighted by Crippen LogP contribution is -2.46. The van der Waals surface area contributed by atoms with Gasteiger partial charge in [-0.2, -0.15) is 5.10 Å². The van der Waals surface area contributed by atoms with Gasteiger partial charge in [-0.05, 0) is 0 Å². The van der Waals surface area contributed by atoms with Gasteiger partial charge in [0, 0.05) is 25.9 Å². The molecule has 7 nitrogen and oxygen atoms in total. The minimum absolute atomic E-state index is 0.120.